The topological polar surface area (TPSA) is 81.6 Å². The van der Waals surface area contributed by atoms with Gasteiger partial charge in [-0.2, -0.15) is 0 Å². The summed E-state index contributed by atoms with van der Waals surface area (Å²) in [5.74, 6) is -0.290. The first-order valence-corrected chi connectivity index (χ1v) is 4.92. The summed E-state index contributed by atoms with van der Waals surface area (Å²) < 4.78 is 5.24. The summed E-state index contributed by atoms with van der Waals surface area (Å²) in [6.07, 6.45) is 1.62. The van der Waals surface area contributed by atoms with Crippen LogP contribution in [0.2, 0.25) is 0 Å². The minimum atomic E-state index is -0.290. The molecule has 1 rings (SSSR count). The van der Waals surface area contributed by atoms with Crippen LogP contribution in [0.25, 0.3) is 0 Å². The van der Waals surface area contributed by atoms with E-state index in [1.807, 2.05) is 0 Å². The highest BCUT2D eigenvalue weighted by atomic mass is 16.5. The lowest BCUT2D eigenvalue weighted by Gasteiger charge is -2.25. The summed E-state index contributed by atoms with van der Waals surface area (Å²) in [6, 6.07) is 0.0765. The van der Waals surface area contributed by atoms with Crippen molar-refractivity contribution in [2.24, 2.45) is 11.5 Å². The molecule has 14 heavy (non-hydrogen) atoms. The van der Waals surface area contributed by atoms with Gasteiger partial charge >= 0.3 is 0 Å². The molecule has 1 fully saturated rings. The van der Waals surface area contributed by atoms with Crippen LogP contribution in [-0.4, -0.2) is 49.7 Å². The van der Waals surface area contributed by atoms with E-state index in [0.29, 0.717) is 13.0 Å². The first kappa shape index (κ1) is 11.4. The molecule has 5 nitrogen and oxygen atoms in total. The van der Waals surface area contributed by atoms with Crippen LogP contribution >= 0.6 is 0 Å². The maximum Gasteiger partial charge on any atom is 0.219 e. The molecule has 0 bridgehead atoms. The maximum atomic E-state index is 10.8. The summed E-state index contributed by atoms with van der Waals surface area (Å²) >= 11 is 0. The van der Waals surface area contributed by atoms with Crippen molar-refractivity contribution in [2.45, 2.75) is 25.0 Å². The molecular weight excluding hydrogens is 182 g/mol. The zero-order valence-corrected chi connectivity index (χ0v) is 8.61. The van der Waals surface area contributed by atoms with Gasteiger partial charge in [-0.15, -0.1) is 0 Å². The molecular formula is C9H19N3O2. The molecule has 0 aromatic heterocycles. The van der Waals surface area contributed by atoms with E-state index in [1.54, 1.807) is 7.11 Å². The Kier molecular flexibility index (Phi) is 4.31. The Hall–Kier alpha value is -0.650. The van der Waals surface area contributed by atoms with Crippen molar-refractivity contribution in [1.82, 2.24) is 4.90 Å². The molecule has 2 unspecified atom stereocenters. The quantitative estimate of drug-likeness (QED) is 0.592. The summed E-state index contributed by atoms with van der Waals surface area (Å²) in [5, 5.41) is 0. The first-order chi connectivity index (χ1) is 6.67. The summed E-state index contributed by atoms with van der Waals surface area (Å²) in [6.45, 7) is 2.26. The summed E-state index contributed by atoms with van der Waals surface area (Å²) in [7, 11) is 1.71. The molecule has 0 aromatic rings. The number of hydrogen-bond donors (Lipinski definition) is 2. The Morgan fingerprint density at radius 1 is 1.71 bits per heavy atom. The molecule has 0 aliphatic carbocycles. The third-order valence-corrected chi connectivity index (χ3v) is 2.74. The monoisotopic (exact) mass is 201 g/mol. The third kappa shape index (κ3) is 2.94. The van der Waals surface area contributed by atoms with Gasteiger partial charge in [0.2, 0.25) is 5.91 Å². The fourth-order valence-electron chi connectivity index (χ4n) is 1.87. The molecule has 1 amide bonds. The number of nitrogens with zero attached hydrogens (tertiary/aromatic N) is 1. The largest absolute Gasteiger partial charge is 0.380 e. The van der Waals surface area contributed by atoms with Crippen LogP contribution in [-0.2, 0) is 9.53 Å². The predicted octanol–water partition coefficient (Wildman–Crippen LogP) is -1.09. The number of amides is 1. The van der Waals surface area contributed by atoms with Crippen LogP contribution < -0.4 is 11.5 Å². The maximum absolute atomic E-state index is 10.8. The molecule has 1 aliphatic rings. The van der Waals surface area contributed by atoms with E-state index in [0.717, 1.165) is 19.5 Å². The number of hydrogen-bond acceptors (Lipinski definition) is 4. The van der Waals surface area contributed by atoms with Crippen molar-refractivity contribution in [2.75, 3.05) is 26.7 Å². The van der Waals surface area contributed by atoms with E-state index in [-0.39, 0.29) is 18.1 Å². The second-order valence-electron chi connectivity index (χ2n) is 3.70. The van der Waals surface area contributed by atoms with Gasteiger partial charge in [-0.25, -0.2) is 0 Å². The van der Waals surface area contributed by atoms with Gasteiger partial charge in [0.1, 0.15) is 0 Å². The van der Waals surface area contributed by atoms with Crippen LogP contribution in [0.4, 0.5) is 0 Å². The van der Waals surface area contributed by atoms with Crippen LogP contribution in [0, 0.1) is 0 Å². The standard InChI is InChI=1S/C9H19N3O2/c1-14-8-2-3-12(6-8)7(5-10)4-9(11)13/h7-8H,2-6,10H2,1H3,(H2,11,13). The number of rotatable bonds is 5. The predicted molar refractivity (Wildman–Crippen MR) is 53.6 cm³/mol. The van der Waals surface area contributed by atoms with Crippen molar-refractivity contribution in [1.29, 1.82) is 0 Å². The second kappa shape index (κ2) is 5.29. The summed E-state index contributed by atoms with van der Waals surface area (Å²) in [5.41, 5.74) is 10.7. The van der Waals surface area contributed by atoms with Crippen LogP contribution in [0.1, 0.15) is 12.8 Å². The highest BCUT2D eigenvalue weighted by Crippen LogP contribution is 2.15. The normalized spacial score (nSPS) is 25.1. The lowest BCUT2D eigenvalue weighted by molar-refractivity contribution is -0.119. The van der Waals surface area contributed by atoms with E-state index < -0.39 is 0 Å². The number of carbonyl (C=O) groups is 1. The van der Waals surface area contributed by atoms with Gasteiger partial charge in [0, 0.05) is 39.2 Å². The minimum absolute atomic E-state index is 0.0765. The Morgan fingerprint density at radius 3 is 2.86 bits per heavy atom. The van der Waals surface area contributed by atoms with Crippen LogP contribution in [0.15, 0.2) is 0 Å². The summed E-state index contributed by atoms with van der Waals surface area (Å²) in [4.78, 5) is 13.0. The SMILES string of the molecule is COC1CCN(C(CN)CC(N)=O)C1. The van der Waals surface area contributed by atoms with Gasteiger partial charge in [0.15, 0.2) is 0 Å². The Morgan fingerprint density at radius 2 is 2.43 bits per heavy atom. The van der Waals surface area contributed by atoms with Crippen molar-refractivity contribution in [3.05, 3.63) is 0 Å². The molecule has 1 aliphatic heterocycles. The number of nitrogens with two attached hydrogens (primary N) is 2. The number of primary amides is 1. The Labute approximate surface area is 84.4 Å². The van der Waals surface area contributed by atoms with Gasteiger partial charge in [0.05, 0.1) is 6.10 Å². The second-order valence-corrected chi connectivity index (χ2v) is 3.70. The highest BCUT2D eigenvalue weighted by Gasteiger charge is 2.28. The van der Waals surface area contributed by atoms with Gasteiger partial charge in [-0.05, 0) is 6.42 Å². The van der Waals surface area contributed by atoms with E-state index in [2.05, 4.69) is 4.90 Å². The molecule has 2 atom stereocenters. The molecule has 0 aromatic carbocycles. The van der Waals surface area contributed by atoms with Crippen molar-refractivity contribution in [3.8, 4) is 0 Å². The number of carbonyl (C=O) groups excluding carboxylic acids is 1. The van der Waals surface area contributed by atoms with Gasteiger partial charge in [0.25, 0.3) is 0 Å². The molecule has 1 saturated heterocycles. The molecule has 0 spiro atoms. The molecule has 4 N–H and O–H groups in total. The molecule has 1 heterocycles. The van der Waals surface area contributed by atoms with E-state index in [1.165, 1.54) is 0 Å². The minimum Gasteiger partial charge on any atom is -0.380 e. The zero-order valence-electron chi connectivity index (χ0n) is 8.61. The molecule has 82 valence electrons. The fraction of sp³-hybridized carbons (Fsp3) is 0.889. The number of methoxy groups -OCH3 is 1. The smallest absolute Gasteiger partial charge is 0.219 e. The molecule has 0 saturated carbocycles. The average Bonchev–Trinajstić information content (AvgIpc) is 2.62. The van der Waals surface area contributed by atoms with E-state index in [4.69, 9.17) is 16.2 Å². The molecule has 0 radical (unpaired) electrons. The van der Waals surface area contributed by atoms with Gasteiger partial charge < -0.3 is 16.2 Å². The number of likely N-dealkylation sites (tertiary alicyclic amines) is 1. The molecule has 5 heteroatoms. The Balaban J connectivity index is 2.42. The lowest BCUT2D eigenvalue weighted by Crippen LogP contribution is -2.42. The lowest BCUT2D eigenvalue weighted by atomic mass is 10.2. The highest BCUT2D eigenvalue weighted by molar-refractivity contribution is 5.74. The number of ether oxygens (including phenoxy) is 1. The van der Waals surface area contributed by atoms with Gasteiger partial charge in [-0.1, -0.05) is 0 Å². The Bertz CT molecular complexity index is 198. The van der Waals surface area contributed by atoms with Crippen molar-refractivity contribution in [3.63, 3.8) is 0 Å². The van der Waals surface area contributed by atoms with Crippen molar-refractivity contribution < 1.29 is 9.53 Å². The van der Waals surface area contributed by atoms with Crippen molar-refractivity contribution >= 4 is 5.91 Å². The first-order valence-electron chi connectivity index (χ1n) is 4.92. The average molecular weight is 201 g/mol. The van der Waals surface area contributed by atoms with E-state index >= 15 is 0 Å². The van der Waals surface area contributed by atoms with Crippen LogP contribution in [0.3, 0.4) is 0 Å². The third-order valence-electron chi connectivity index (χ3n) is 2.74. The zero-order chi connectivity index (χ0) is 10.6. The van der Waals surface area contributed by atoms with Crippen LogP contribution in [0.5, 0.6) is 0 Å². The fourth-order valence-corrected chi connectivity index (χ4v) is 1.87. The van der Waals surface area contributed by atoms with E-state index in [9.17, 15) is 4.79 Å². The van der Waals surface area contributed by atoms with Gasteiger partial charge in [-0.3, -0.25) is 9.69 Å².